The van der Waals surface area contributed by atoms with Gasteiger partial charge in [0.05, 0.1) is 0 Å². The van der Waals surface area contributed by atoms with Gasteiger partial charge in [-0.3, -0.25) is 4.79 Å². The molecule has 0 aliphatic carbocycles. The third-order valence-corrected chi connectivity index (χ3v) is 2.36. The number of hydrogen-bond acceptors (Lipinski definition) is 4. The Morgan fingerprint density at radius 3 is 2.41 bits per heavy atom. The Labute approximate surface area is 95.6 Å². The molecule has 1 heterocycles. The fourth-order valence-corrected chi connectivity index (χ4v) is 1.42. The minimum atomic E-state index is -2.94. The zero-order valence-electron chi connectivity index (χ0n) is 8.81. The predicted octanol–water partition coefficient (Wildman–Crippen LogP) is -0.639. The summed E-state index contributed by atoms with van der Waals surface area (Å²) in [7, 11) is 0. The molecule has 0 saturated carbocycles. The molecule has 1 saturated heterocycles. The van der Waals surface area contributed by atoms with Gasteiger partial charge < -0.3 is 20.3 Å². The lowest BCUT2D eigenvalue weighted by molar-refractivity contribution is -0.151. The third-order valence-electron chi connectivity index (χ3n) is 2.36. The summed E-state index contributed by atoms with van der Waals surface area (Å²) in [5.74, 6) is -1.85. The average molecular weight is 253 g/mol. The highest BCUT2D eigenvalue weighted by atomic mass is 19.3. The Balaban J connectivity index is 2.32. The quantitative estimate of drug-likeness (QED) is 0.605. The number of carbonyl (C=O) groups excluding carboxylic acids is 1. The molecule has 3 atom stereocenters. The lowest BCUT2D eigenvalue weighted by atomic mass is 10.2. The number of carbonyl (C=O) groups is 2. The molecule has 1 amide bonds. The summed E-state index contributed by atoms with van der Waals surface area (Å²) < 4.78 is 28.7. The van der Waals surface area contributed by atoms with Crippen molar-refractivity contribution < 1.29 is 33.3 Å². The van der Waals surface area contributed by atoms with Gasteiger partial charge in [0.25, 0.3) is 6.43 Å². The molecule has 0 aromatic rings. The number of carboxylic acids is 1. The summed E-state index contributed by atoms with van der Waals surface area (Å²) in [6, 6.07) is 0. The minimum absolute atomic E-state index is 0.199. The molecule has 0 spiro atoms. The molecule has 1 fully saturated rings. The van der Waals surface area contributed by atoms with Crippen molar-refractivity contribution in [3.8, 4) is 0 Å². The van der Waals surface area contributed by atoms with Gasteiger partial charge in [0.15, 0.2) is 6.10 Å². The summed E-state index contributed by atoms with van der Waals surface area (Å²) in [6.45, 7) is -0.589. The fourth-order valence-electron chi connectivity index (χ4n) is 1.42. The van der Waals surface area contributed by atoms with Gasteiger partial charge in [0.1, 0.15) is 12.2 Å². The van der Waals surface area contributed by atoms with Crippen molar-refractivity contribution in [3.63, 3.8) is 0 Å². The number of aliphatic hydroxyl groups excluding tert-OH is 1. The average Bonchev–Trinajstić information content (AvgIpc) is 2.74. The summed E-state index contributed by atoms with van der Waals surface area (Å²) >= 11 is 0. The van der Waals surface area contributed by atoms with E-state index in [-0.39, 0.29) is 12.8 Å². The first-order valence-corrected chi connectivity index (χ1v) is 5.04. The largest absolute Gasteiger partial charge is 0.479 e. The summed E-state index contributed by atoms with van der Waals surface area (Å²) in [4.78, 5) is 21.9. The van der Waals surface area contributed by atoms with Crippen LogP contribution in [0.1, 0.15) is 12.8 Å². The number of aliphatic carboxylic acids is 1. The van der Waals surface area contributed by atoms with Crippen LogP contribution in [-0.2, 0) is 14.3 Å². The van der Waals surface area contributed by atoms with Crippen molar-refractivity contribution in [2.24, 2.45) is 0 Å². The molecular weight excluding hydrogens is 240 g/mol. The Morgan fingerprint density at radius 1 is 1.35 bits per heavy atom. The van der Waals surface area contributed by atoms with Crippen LogP contribution in [0.3, 0.4) is 0 Å². The zero-order chi connectivity index (χ0) is 13.0. The second kappa shape index (κ2) is 5.87. The van der Waals surface area contributed by atoms with Gasteiger partial charge in [-0.05, 0) is 12.8 Å². The van der Waals surface area contributed by atoms with Gasteiger partial charge in [0.2, 0.25) is 5.91 Å². The fraction of sp³-hybridized carbons (Fsp3) is 0.778. The van der Waals surface area contributed by atoms with Crippen LogP contribution in [0.25, 0.3) is 0 Å². The van der Waals surface area contributed by atoms with Crippen LogP contribution >= 0.6 is 0 Å². The highest BCUT2D eigenvalue weighted by molar-refractivity contribution is 5.82. The first kappa shape index (κ1) is 13.8. The third kappa shape index (κ3) is 3.90. The van der Waals surface area contributed by atoms with Crippen LogP contribution in [-0.4, -0.2) is 53.4 Å². The highest BCUT2D eigenvalue weighted by Crippen LogP contribution is 2.19. The van der Waals surface area contributed by atoms with Gasteiger partial charge in [-0.15, -0.1) is 0 Å². The molecule has 1 aliphatic heterocycles. The van der Waals surface area contributed by atoms with Crippen LogP contribution in [0.2, 0.25) is 0 Å². The van der Waals surface area contributed by atoms with E-state index in [2.05, 4.69) is 5.32 Å². The van der Waals surface area contributed by atoms with E-state index in [1.165, 1.54) is 0 Å². The number of nitrogens with one attached hydrogen (secondary N) is 1. The van der Waals surface area contributed by atoms with E-state index < -0.39 is 43.2 Å². The monoisotopic (exact) mass is 253 g/mol. The van der Waals surface area contributed by atoms with Gasteiger partial charge >= 0.3 is 5.97 Å². The Bertz CT molecular complexity index is 299. The van der Waals surface area contributed by atoms with Crippen molar-refractivity contribution in [3.05, 3.63) is 0 Å². The minimum Gasteiger partial charge on any atom is -0.479 e. The maximum Gasteiger partial charge on any atom is 0.332 e. The topological polar surface area (TPSA) is 95.9 Å². The van der Waals surface area contributed by atoms with E-state index in [9.17, 15) is 18.4 Å². The summed E-state index contributed by atoms with van der Waals surface area (Å²) in [5.41, 5.74) is 0. The standard InChI is InChI=1S/C9H13F2NO5/c10-7(11)4(13)3-12-8(14)5-1-2-6(17-5)9(15)16/h4-7,13H,1-3H2,(H,12,14)(H,15,16)/t4?,5-,6+/m0/s1. The number of carboxylic acid groups (broad SMARTS) is 1. The number of alkyl halides is 2. The highest BCUT2D eigenvalue weighted by Gasteiger charge is 2.34. The maximum absolute atomic E-state index is 11.9. The van der Waals surface area contributed by atoms with Crippen LogP contribution in [0.15, 0.2) is 0 Å². The van der Waals surface area contributed by atoms with Crippen molar-refractivity contribution in [1.82, 2.24) is 5.32 Å². The van der Waals surface area contributed by atoms with Crippen molar-refractivity contribution in [1.29, 1.82) is 0 Å². The molecule has 0 bridgehead atoms. The van der Waals surface area contributed by atoms with Crippen molar-refractivity contribution in [2.75, 3.05) is 6.54 Å². The number of aliphatic hydroxyl groups is 1. The van der Waals surface area contributed by atoms with Crippen LogP contribution in [0, 0.1) is 0 Å². The number of rotatable bonds is 5. The maximum atomic E-state index is 11.9. The Morgan fingerprint density at radius 2 is 1.94 bits per heavy atom. The van der Waals surface area contributed by atoms with Gasteiger partial charge in [0, 0.05) is 6.54 Å². The van der Waals surface area contributed by atoms with Gasteiger partial charge in [-0.1, -0.05) is 0 Å². The molecule has 1 aliphatic rings. The van der Waals surface area contributed by atoms with Crippen LogP contribution < -0.4 is 5.32 Å². The van der Waals surface area contributed by atoms with E-state index in [4.69, 9.17) is 14.9 Å². The van der Waals surface area contributed by atoms with E-state index in [1.807, 2.05) is 0 Å². The van der Waals surface area contributed by atoms with Crippen LogP contribution in [0.5, 0.6) is 0 Å². The van der Waals surface area contributed by atoms with Gasteiger partial charge in [-0.25, -0.2) is 13.6 Å². The van der Waals surface area contributed by atoms with Gasteiger partial charge in [-0.2, -0.15) is 0 Å². The molecule has 6 nitrogen and oxygen atoms in total. The van der Waals surface area contributed by atoms with E-state index in [0.717, 1.165) is 0 Å². The van der Waals surface area contributed by atoms with Crippen LogP contribution in [0.4, 0.5) is 8.78 Å². The number of amides is 1. The molecular formula is C9H13F2NO5. The predicted molar refractivity (Wildman–Crippen MR) is 50.6 cm³/mol. The molecule has 0 radical (unpaired) electrons. The second-order valence-corrected chi connectivity index (χ2v) is 3.68. The number of ether oxygens (including phenoxy) is 1. The lowest BCUT2D eigenvalue weighted by Crippen LogP contribution is -2.41. The lowest BCUT2D eigenvalue weighted by Gasteiger charge is -2.14. The number of hydrogen-bond donors (Lipinski definition) is 3. The van der Waals surface area contributed by atoms with E-state index in [1.54, 1.807) is 0 Å². The number of halogens is 2. The van der Waals surface area contributed by atoms with Crippen molar-refractivity contribution >= 4 is 11.9 Å². The zero-order valence-corrected chi connectivity index (χ0v) is 8.81. The molecule has 0 aromatic heterocycles. The molecule has 1 rings (SSSR count). The summed E-state index contributed by atoms with van der Waals surface area (Å²) in [5, 5.41) is 19.4. The summed E-state index contributed by atoms with van der Waals surface area (Å²) in [6.07, 6.45) is -6.45. The van der Waals surface area contributed by atoms with E-state index in [0.29, 0.717) is 0 Å². The Hall–Kier alpha value is -1.28. The van der Waals surface area contributed by atoms with E-state index >= 15 is 0 Å². The van der Waals surface area contributed by atoms with Crippen molar-refractivity contribution in [2.45, 2.75) is 37.6 Å². The first-order chi connectivity index (χ1) is 7.91. The molecule has 1 unspecified atom stereocenters. The normalized spacial score (nSPS) is 25.9. The molecule has 3 N–H and O–H groups in total. The smallest absolute Gasteiger partial charge is 0.332 e. The first-order valence-electron chi connectivity index (χ1n) is 5.04. The molecule has 0 aromatic carbocycles. The SMILES string of the molecule is O=C(NCC(O)C(F)F)[C@@H]1CC[C@H](C(=O)O)O1. The molecule has 8 heteroatoms. The molecule has 98 valence electrons. The molecule has 17 heavy (non-hydrogen) atoms. The Kier molecular flexibility index (Phi) is 4.76. The second-order valence-electron chi connectivity index (χ2n) is 3.68.